The molecule has 0 aromatic carbocycles. The van der Waals surface area contributed by atoms with Crippen LogP contribution in [-0.2, 0) is 13.4 Å². The van der Waals surface area contributed by atoms with Crippen LogP contribution in [0.2, 0.25) is 0 Å². The fraction of sp³-hybridized carbons (Fsp3) is 1.00. The van der Waals surface area contributed by atoms with Crippen molar-refractivity contribution in [1.82, 2.24) is 4.67 Å². The smallest absolute Gasteiger partial charge is 0.256 e. The fourth-order valence-corrected chi connectivity index (χ4v) is 6.84. The van der Waals surface area contributed by atoms with Gasteiger partial charge in [-0.05, 0) is 25.7 Å². The molecule has 21 heavy (non-hydrogen) atoms. The summed E-state index contributed by atoms with van der Waals surface area (Å²) in [6, 6.07) is 0.230. The Labute approximate surface area is 127 Å². The average Bonchev–Trinajstić information content (AvgIpc) is 2.38. The van der Waals surface area contributed by atoms with Crippen molar-refractivity contribution >= 4 is 15.3 Å². The summed E-state index contributed by atoms with van der Waals surface area (Å²) in [5, 5.41) is 0. The molecule has 0 aromatic rings. The first-order chi connectivity index (χ1) is 9.80. The van der Waals surface area contributed by atoms with Crippen LogP contribution in [0.15, 0.2) is 0 Å². The van der Waals surface area contributed by atoms with Crippen molar-refractivity contribution in [3.8, 4) is 0 Å². The zero-order valence-corrected chi connectivity index (χ0v) is 14.3. The fourth-order valence-electron chi connectivity index (χ4n) is 3.67. The predicted molar refractivity (Wildman–Crippen MR) is 84.4 cm³/mol. The SMILES string of the molecule is NP(N)(=O)OP(N)(=O)N(C1CCCCC1)C1CCCCC1. The lowest BCUT2D eigenvalue weighted by atomic mass is 9.91. The first-order valence-corrected chi connectivity index (χ1v) is 11.3. The topological polar surface area (TPSA) is 125 Å². The van der Waals surface area contributed by atoms with E-state index in [9.17, 15) is 9.13 Å². The van der Waals surface area contributed by atoms with E-state index in [1.54, 1.807) is 4.67 Å². The third-order valence-corrected chi connectivity index (χ3v) is 7.72. The second kappa shape index (κ2) is 7.22. The number of hydrogen-bond acceptors (Lipinski definition) is 3. The summed E-state index contributed by atoms with van der Waals surface area (Å²) in [5.41, 5.74) is 16.4. The lowest BCUT2D eigenvalue weighted by Crippen LogP contribution is -2.45. The van der Waals surface area contributed by atoms with E-state index in [2.05, 4.69) is 0 Å². The second-order valence-corrected chi connectivity index (χ2v) is 9.79. The van der Waals surface area contributed by atoms with Gasteiger partial charge in [-0.1, -0.05) is 38.5 Å². The molecule has 1 unspecified atom stereocenters. The Morgan fingerprint density at radius 3 is 1.48 bits per heavy atom. The van der Waals surface area contributed by atoms with Crippen molar-refractivity contribution in [2.75, 3.05) is 0 Å². The van der Waals surface area contributed by atoms with Gasteiger partial charge in [0.15, 0.2) is 0 Å². The Kier molecular flexibility index (Phi) is 6.06. The minimum Gasteiger partial charge on any atom is -0.256 e. The number of hydrogen-bond donors (Lipinski definition) is 3. The highest BCUT2D eigenvalue weighted by molar-refractivity contribution is 7.67. The molecule has 0 radical (unpaired) electrons. The molecule has 0 bridgehead atoms. The monoisotopic (exact) mass is 338 g/mol. The van der Waals surface area contributed by atoms with Crippen molar-refractivity contribution < 1.29 is 13.4 Å². The van der Waals surface area contributed by atoms with Crippen molar-refractivity contribution in [3.05, 3.63) is 0 Å². The van der Waals surface area contributed by atoms with Crippen LogP contribution in [0.4, 0.5) is 0 Å². The largest absolute Gasteiger partial charge is 0.348 e. The molecule has 0 saturated heterocycles. The summed E-state index contributed by atoms with van der Waals surface area (Å²) in [6.45, 7) is 0. The van der Waals surface area contributed by atoms with Crippen LogP contribution >= 0.6 is 15.3 Å². The van der Waals surface area contributed by atoms with Gasteiger partial charge in [0.25, 0.3) is 0 Å². The van der Waals surface area contributed by atoms with Crippen LogP contribution in [0.25, 0.3) is 0 Å². The summed E-state index contributed by atoms with van der Waals surface area (Å²) in [6.07, 6.45) is 10.5. The Balaban J connectivity index is 2.20. The Morgan fingerprint density at radius 1 is 0.762 bits per heavy atom. The van der Waals surface area contributed by atoms with E-state index in [0.717, 1.165) is 51.4 Å². The number of nitrogens with two attached hydrogens (primary N) is 3. The van der Waals surface area contributed by atoms with Gasteiger partial charge in [0, 0.05) is 12.1 Å². The summed E-state index contributed by atoms with van der Waals surface area (Å²) in [4.78, 5) is 0. The lowest BCUT2D eigenvalue weighted by molar-refractivity contribution is 0.153. The van der Waals surface area contributed by atoms with Gasteiger partial charge >= 0.3 is 15.3 Å². The van der Waals surface area contributed by atoms with E-state index in [1.807, 2.05) is 0 Å². The van der Waals surface area contributed by atoms with Gasteiger partial charge in [0.2, 0.25) is 0 Å². The zero-order valence-electron chi connectivity index (χ0n) is 12.5. The molecule has 124 valence electrons. The van der Waals surface area contributed by atoms with Gasteiger partial charge in [-0.2, -0.15) is 0 Å². The maximum Gasteiger partial charge on any atom is 0.348 e. The van der Waals surface area contributed by atoms with Gasteiger partial charge in [0.1, 0.15) is 0 Å². The minimum absolute atomic E-state index is 0.115. The summed E-state index contributed by atoms with van der Waals surface area (Å²) in [7, 11) is -7.61. The quantitative estimate of drug-likeness (QED) is 0.658. The molecule has 2 saturated carbocycles. The molecule has 6 N–H and O–H groups in total. The van der Waals surface area contributed by atoms with Crippen molar-refractivity contribution in [2.24, 2.45) is 16.5 Å². The molecular formula is C12H28N4O3P2. The van der Waals surface area contributed by atoms with Gasteiger partial charge in [-0.25, -0.2) is 25.5 Å². The van der Waals surface area contributed by atoms with Gasteiger partial charge in [-0.15, -0.1) is 0 Å². The lowest BCUT2D eigenvalue weighted by Gasteiger charge is -2.43. The zero-order chi connectivity index (χ0) is 15.5. The van der Waals surface area contributed by atoms with Crippen molar-refractivity contribution in [2.45, 2.75) is 76.3 Å². The molecule has 2 aliphatic rings. The van der Waals surface area contributed by atoms with Crippen LogP contribution in [0.3, 0.4) is 0 Å². The number of rotatable bonds is 5. The second-order valence-electron chi connectivity index (χ2n) is 6.25. The minimum atomic E-state index is -3.87. The Bertz CT molecular complexity index is 412. The summed E-state index contributed by atoms with van der Waals surface area (Å²) in [5.74, 6) is 0. The van der Waals surface area contributed by atoms with E-state index in [-0.39, 0.29) is 12.1 Å². The highest BCUT2D eigenvalue weighted by Crippen LogP contribution is 2.57. The highest BCUT2D eigenvalue weighted by Gasteiger charge is 2.42. The van der Waals surface area contributed by atoms with Crippen molar-refractivity contribution in [3.63, 3.8) is 0 Å². The first-order valence-electron chi connectivity index (χ1n) is 7.85. The van der Waals surface area contributed by atoms with E-state index in [4.69, 9.17) is 20.8 Å². The Hall–Kier alpha value is 0.260. The van der Waals surface area contributed by atoms with E-state index < -0.39 is 15.3 Å². The van der Waals surface area contributed by atoms with Crippen LogP contribution in [-0.4, -0.2) is 16.8 Å². The standard InChI is InChI=1S/C12H28N4O3P2/c13-20(14,17)19-21(15,18)16(11-7-3-1-4-8-11)12-9-5-2-6-10-12/h11-12H,1-10H2,(H2,15,18)(H4,13,14,17). The molecule has 7 nitrogen and oxygen atoms in total. The molecule has 0 heterocycles. The molecular weight excluding hydrogens is 310 g/mol. The first kappa shape index (κ1) is 17.6. The van der Waals surface area contributed by atoms with E-state index >= 15 is 0 Å². The third kappa shape index (κ3) is 5.14. The molecule has 9 heteroatoms. The van der Waals surface area contributed by atoms with Gasteiger partial charge in [0.05, 0.1) is 0 Å². The summed E-state index contributed by atoms with van der Waals surface area (Å²) >= 11 is 0. The van der Waals surface area contributed by atoms with Crippen LogP contribution in [0.1, 0.15) is 64.2 Å². The Morgan fingerprint density at radius 2 is 1.14 bits per heavy atom. The molecule has 2 rings (SSSR count). The maximum absolute atomic E-state index is 12.9. The van der Waals surface area contributed by atoms with E-state index in [0.29, 0.717) is 0 Å². The third-order valence-electron chi connectivity index (χ3n) is 4.46. The maximum atomic E-state index is 12.9. The molecule has 2 aliphatic carbocycles. The molecule has 1 atom stereocenters. The molecule has 0 spiro atoms. The predicted octanol–water partition coefficient (Wildman–Crippen LogP) is 3.06. The number of nitrogens with zero attached hydrogens (tertiary/aromatic N) is 1. The van der Waals surface area contributed by atoms with Gasteiger partial charge < -0.3 is 0 Å². The highest BCUT2D eigenvalue weighted by atomic mass is 31.3. The van der Waals surface area contributed by atoms with E-state index in [1.165, 1.54) is 12.8 Å². The van der Waals surface area contributed by atoms with Crippen LogP contribution in [0.5, 0.6) is 0 Å². The van der Waals surface area contributed by atoms with Crippen LogP contribution in [0, 0.1) is 0 Å². The van der Waals surface area contributed by atoms with Crippen molar-refractivity contribution in [1.29, 1.82) is 0 Å². The molecule has 2 fully saturated rings. The molecule has 0 aromatic heterocycles. The summed E-state index contributed by atoms with van der Waals surface area (Å²) < 4.78 is 31.2. The average molecular weight is 338 g/mol. The van der Waals surface area contributed by atoms with Gasteiger partial charge in [-0.3, -0.25) is 9.13 Å². The molecule has 0 aliphatic heterocycles. The van der Waals surface area contributed by atoms with Crippen LogP contribution < -0.4 is 16.5 Å². The normalized spacial score (nSPS) is 25.9. The molecule has 0 amide bonds.